The Labute approximate surface area is 180 Å². The van der Waals surface area contributed by atoms with E-state index in [-0.39, 0.29) is 57.3 Å². The lowest BCUT2D eigenvalue weighted by molar-refractivity contribution is 0.446. The van der Waals surface area contributed by atoms with Crippen LogP contribution in [0.15, 0.2) is 56.8 Å². The Morgan fingerprint density at radius 2 is 1.48 bits per heavy atom. The number of benzene rings is 2. The molecule has 0 saturated carbocycles. The summed E-state index contributed by atoms with van der Waals surface area (Å²) in [6.07, 6.45) is 4.44. The minimum atomic E-state index is -0.454. The number of hydrogen-bond donors (Lipinski definition) is 4. The van der Waals surface area contributed by atoms with E-state index in [9.17, 15) is 25.2 Å². The summed E-state index contributed by atoms with van der Waals surface area (Å²) in [4.78, 5) is 13.3. The van der Waals surface area contributed by atoms with Crippen molar-refractivity contribution >= 4 is 11.0 Å². The number of phenolic OH excluding ortho intramolecular Hbond substituents is 4. The summed E-state index contributed by atoms with van der Waals surface area (Å²) >= 11 is 0. The Balaban J connectivity index is 2.36. The Kier molecular flexibility index (Phi) is 6.11. The van der Waals surface area contributed by atoms with Gasteiger partial charge in [-0.05, 0) is 52.2 Å². The maximum Gasteiger partial charge on any atom is 0.200 e. The molecule has 3 aromatic rings. The second-order valence-corrected chi connectivity index (χ2v) is 8.05. The summed E-state index contributed by atoms with van der Waals surface area (Å²) in [6, 6.07) is 5.13. The van der Waals surface area contributed by atoms with Gasteiger partial charge in [0, 0.05) is 23.8 Å². The molecule has 0 spiro atoms. The van der Waals surface area contributed by atoms with E-state index in [0.717, 1.165) is 17.2 Å². The van der Waals surface area contributed by atoms with Gasteiger partial charge in [0.05, 0.1) is 5.56 Å². The van der Waals surface area contributed by atoms with Gasteiger partial charge in [0.25, 0.3) is 0 Å². The zero-order valence-corrected chi connectivity index (χ0v) is 18.0. The summed E-state index contributed by atoms with van der Waals surface area (Å²) in [5, 5.41) is 40.9. The average Bonchev–Trinajstić information content (AvgIpc) is 2.65. The van der Waals surface area contributed by atoms with E-state index in [1.165, 1.54) is 12.1 Å². The molecule has 0 aliphatic rings. The van der Waals surface area contributed by atoms with Crippen molar-refractivity contribution in [1.29, 1.82) is 0 Å². The van der Waals surface area contributed by atoms with Crippen LogP contribution in [0.3, 0.4) is 0 Å². The van der Waals surface area contributed by atoms with Crippen LogP contribution in [0.1, 0.15) is 38.8 Å². The summed E-state index contributed by atoms with van der Waals surface area (Å²) < 4.78 is 5.95. The van der Waals surface area contributed by atoms with Crippen molar-refractivity contribution in [1.82, 2.24) is 0 Å². The van der Waals surface area contributed by atoms with Crippen LogP contribution in [0.5, 0.6) is 23.0 Å². The Hall–Kier alpha value is -3.67. The molecule has 4 N–H and O–H groups in total. The predicted molar refractivity (Wildman–Crippen MR) is 121 cm³/mol. The number of phenols is 4. The maximum atomic E-state index is 13.3. The van der Waals surface area contributed by atoms with E-state index in [1.54, 1.807) is 6.07 Å². The second kappa shape index (κ2) is 8.60. The lowest BCUT2D eigenvalue weighted by Crippen LogP contribution is -2.11. The van der Waals surface area contributed by atoms with E-state index in [2.05, 4.69) is 0 Å². The molecule has 0 unspecified atom stereocenters. The fourth-order valence-corrected chi connectivity index (χ4v) is 3.31. The highest BCUT2D eigenvalue weighted by Gasteiger charge is 2.22. The highest BCUT2D eigenvalue weighted by atomic mass is 16.3. The zero-order valence-electron chi connectivity index (χ0n) is 18.0. The predicted octanol–water partition coefficient (Wildman–Crippen LogP) is 5.30. The average molecular weight is 422 g/mol. The van der Waals surface area contributed by atoms with E-state index >= 15 is 0 Å². The molecule has 1 heterocycles. The number of allylic oxidation sites excluding steroid dienone is 4. The lowest BCUT2D eigenvalue weighted by Gasteiger charge is -2.13. The Morgan fingerprint density at radius 1 is 0.839 bits per heavy atom. The van der Waals surface area contributed by atoms with Gasteiger partial charge in [-0.3, -0.25) is 4.79 Å². The first kappa shape index (κ1) is 22.0. The Morgan fingerprint density at radius 3 is 2.13 bits per heavy atom. The molecule has 6 nitrogen and oxygen atoms in total. The smallest absolute Gasteiger partial charge is 0.200 e. The van der Waals surface area contributed by atoms with Crippen molar-refractivity contribution in [2.75, 3.05) is 0 Å². The van der Waals surface area contributed by atoms with E-state index in [0.29, 0.717) is 12.0 Å². The molecule has 0 amide bonds. The number of rotatable bonds is 5. The first-order valence-corrected chi connectivity index (χ1v) is 9.92. The van der Waals surface area contributed by atoms with Crippen LogP contribution >= 0.6 is 0 Å². The minimum Gasteiger partial charge on any atom is -0.508 e. The fourth-order valence-electron chi connectivity index (χ4n) is 3.31. The molecule has 162 valence electrons. The maximum absolute atomic E-state index is 13.3. The third-order valence-corrected chi connectivity index (χ3v) is 4.94. The molecule has 0 bridgehead atoms. The molecule has 1 aromatic heterocycles. The highest BCUT2D eigenvalue weighted by Crippen LogP contribution is 2.39. The van der Waals surface area contributed by atoms with Gasteiger partial charge in [-0.25, -0.2) is 0 Å². The molecule has 2 aromatic carbocycles. The molecule has 0 radical (unpaired) electrons. The molecule has 0 saturated heterocycles. The van der Waals surface area contributed by atoms with Crippen LogP contribution in [-0.4, -0.2) is 20.4 Å². The highest BCUT2D eigenvalue weighted by molar-refractivity contribution is 5.88. The van der Waals surface area contributed by atoms with Crippen LogP contribution in [0.2, 0.25) is 0 Å². The largest absolute Gasteiger partial charge is 0.508 e. The van der Waals surface area contributed by atoms with Gasteiger partial charge in [0.15, 0.2) is 0 Å². The summed E-state index contributed by atoms with van der Waals surface area (Å²) in [5.41, 5.74) is 2.66. The summed E-state index contributed by atoms with van der Waals surface area (Å²) in [7, 11) is 0. The van der Waals surface area contributed by atoms with Crippen molar-refractivity contribution in [3.63, 3.8) is 0 Å². The van der Waals surface area contributed by atoms with E-state index < -0.39 is 5.43 Å². The van der Waals surface area contributed by atoms with Crippen molar-refractivity contribution in [2.45, 2.75) is 40.5 Å². The second-order valence-electron chi connectivity index (χ2n) is 8.05. The van der Waals surface area contributed by atoms with Gasteiger partial charge in [-0.1, -0.05) is 23.3 Å². The Bertz CT molecular complexity index is 1270. The quantitative estimate of drug-likeness (QED) is 0.415. The third-order valence-electron chi connectivity index (χ3n) is 4.94. The van der Waals surface area contributed by atoms with Crippen molar-refractivity contribution in [3.8, 4) is 34.3 Å². The molecule has 3 rings (SSSR count). The topological polar surface area (TPSA) is 111 Å². The standard InChI is InChI=1S/C25H26O6/c1-13(2)5-7-15-9-18(20(28)12-19(15)27)25-17(8-6-14(3)4)24(30)23-21(29)10-16(26)11-22(23)31-25/h5-6,9-12,26-29H,7-8H2,1-4H3. The third kappa shape index (κ3) is 4.58. The van der Waals surface area contributed by atoms with E-state index in [4.69, 9.17) is 4.42 Å². The van der Waals surface area contributed by atoms with Gasteiger partial charge in [0.1, 0.15) is 39.7 Å². The number of aromatic hydroxyl groups is 4. The van der Waals surface area contributed by atoms with Crippen molar-refractivity contribution in [3.05, 3.63) is 68.9 Å². The molecule has 0 atom stereocenters. The van der Waals surface area contributed by atoms with Gasteiger partial charge >= 0.3 is 0 Å². The molecular weight excluding hydrogens is 396 g/mol. The molecule has 0 fully saturated rings. The first-order valence-electron chi connectivity index (χ1n) is 9.92. The first-order chi connectivity index (χ1) is 14.6. The number of fused-ring (bicyclic) bond motifs is 1. The molecule has 0 aliphatic carbocycles. The molecule has 31 heavy (non-hydrogen) atoms. The molecular formula is C25H26O6. The SMILES string of the molecule is CC(C)=CCc1cc(-c2oc3cc(O)cc(O)c3c(=O)c2CC=C(C)C)c(O)cc1O. The van der Waals surface area contributed by atoms with Crippen LogP contribution in [-0.2, 0) is 12.8 Å². The van der Waals surface area contributed by atoms with Crippen molar-refractivity contribution < 1.29 is 24.8 Å². The molecule has 0 aliphatic heterocycles. The fraction of sp³-hybridized carbons (Fsp3) is 0.240. The van der Waals surface area contributed by atoms with Gasteiger partial charge in [-0.15, -0.1) is 0 Å². The zero-order chi connectivity index (χ0) is 22.9. The van der Waals surface area contributed by atoms with Crippen LogP contribution in [0.4, 0.5) is 0 Å². The van der Waals surface area contributed by atoms with Crippen LogP contribution in [0, 0.1) is 0 Å². The monoisotopic (exact) mass is 422 g/mol. The van der Waals surface area contributed by atoms with Gasteiger partial charge in [0.2, 0.25) is 5.43 Å². The van der Waals surface area contributed by atoms with Crippen molar-refractivity contribution in [2.24, 2.45) is 0 Å². The minimum absolute atomic E-state index is 0.00299. The summed E-state index contributed by atoms with van der Waals surface area (Å²) in [6.45, 7) is 7.68. The van der Waals surface area contributed by atoms with Crippen LogP contribution < -0.4 is 5.43 Å². The van der Waals surface area contributed by atoms with Gasteiger partial charge < -0.3 is 24.8 Å². The van der Waals surface area contributed by atoms with Gasteiger partial charge in [-0.2, -0.15) is 0 Å². The normalized spacial score (nSPS) is 10.8. The van der Waals surface area contributed by atoms with Crippen LogP contribution in [0.25, 0.3) is 22.3 Å². The lowest BCUT2D eigenvalue weighted by atomic mass is 9.97. The molecule has 6 heteroatoms. The van der Waals surface area contributed by atoms with E-state index in [1.807, 2.05) is 39.8 Å². The summed E-state index contributed by atoms with van der Waals surface area (Å²) in [5.74, 6) is -0.828. The number of hydrogen-bond acceptors (Lipinski definition) is 6.